The first kappa shape index (κ1) is 13.1. The van der Waals surface area contributed by atoms with Crippen LogP contribution in [0.1, 0.15) is 36.5 Å². The monoisotopic (exact) mass is 281 g/mol. The molecule has 0 spiro atoms. The van der Waals surface area contributed by atoms with Crippen LogP contribution in [-0.2, 0) is 16.2 Å². The molecule has 5 nitrogen and oxygen atoms in total. The quantitative estimate of drug-likeness (QED) is 0.905. The van der Waals surface area contributed by atoms with E-state index in [9.17, 15) is 4.79 Å². The Labute approximate surface area is 116 Å². The van der Waals surface area contributed by atoms with Crippen molar-refractivity contribution in [2.75, 3.05) is 26.2 Å². The maximum Gasteiger partial charge on any atom is 0.255 e. The molecule has 1 N–H and O–H groups in total. The second kappa shape index (κ2) is 5.64. The Balaban J connectivity index is 1.82. The smallest absolute Gasteiger partial charge is 0.255 e. The van der Waals surface area contributed by atoms with Gasteiger partial charge in [0.05, 0.1) is 12.3 Å². The lowest BCUT2D eigenvalue weighted by atomic mass is 10.2. The molecule has 0 amide bonds. The molecule has 1 aromatic heterocycles. The summed E-state index contributed by atoms with van der Waals surface area (Å²) >= 11 is 1.75. The van der Waals surface area contributed by atoms with Gasteiger partial charge in [0.2, 0.25) is 0 Å². The minimum absolute atomic E-state index is 0.0150. The predicted molar refractivity (Wildman–Crippen MR) is 75.3 cm³/mol. The van der Waals surface area contributed by atoms with Gasteiger partial charge in [0.15, 0.2) is 0 Å². The van der Waals surface area contributed by atoms with E-state index in [-0.39, 0.29) is 11.7 Å². The molecule has 19 heavy (non-hydrogen) atoms. The maximum absolute atomic E-state index is 12.0. The van der Waals surface area contributed by atoms with E-state index < -0.39 is 0 Å². The van der Waals surface area contributed by atoms with Crippen molar-refractivity contribution < 1.29 is 4.74 Å². The summed E-state index contributed by atoms with van der Waals surface area (Å²) in [7, 11) is 0. The van der Waals surface area contributed by atoms with E-state index in [4.69, 9.17) is 4.74 Å². The van der Waals surface area contributed by atoms with Crippen LogP contribution in [0, 0.1) is 0 Å². The van der Waals surface area contributed by atoms with Crippen LogP contribution in [0.3, 0.4) is 0 Å². The summed E-state index contributed by atoms with van der Waals surface area (Å²) in [6.45, 7) is 5.75. The Kier molecular flexibility index (Phi) is 3.91. The number of aromatic nitrogens is 2. The van der Waals surface area contributed by atoms with Gasteiger partial charge in [-0.3, -0.25) is 9.69 Å². The van der Waals surface area contributed by atoms with Crippen LogP contribution < -0.4 is 5.56 Å². The van der Waals surface area contributed by atoms with Crippen LogP contribution in [-0.4, -0.2) is 41.1 Å². The second-order valence-electron chi connectivity index (χ2n) is 5.03. The van der Waals surface area contributed by atoms with Gasteiger partial charge in [0, 0.05) is 30.2 Å². The number of H-pyrrole nitrogens is 1. The summed E-state index contributed by atoms with van der Waals surface area (Å²) in [6.07, 6.45) is 1.04. The van der Waals surface area contributed by atoms with Crippen molar-refractivity contribution in [1.29, 1.82) is 0 Å². The molecule has 2 aliphatic rings. The molecule has 1 fully saturated rings. The van der Waals surface area contributed by atoms with Gasteiger partial charge in [-0.1, -0.05) is 6.92 Å². The van der Waals surface area contributed by atoms with Crippen molar-refractivity contribution >= 4 is 11.8 Å². The third-order valence-corrected chi connectivity index (χ3v) is 4.57. The summed E-state index contributed by atoms with van der Waals surface area (Å²) in [4.78, 5) is 21.9. The summed E-state index contributed by atoms with van der Waals surface area (Å²) in [5.74, 6) is 2.33. The minimum atomic E-state index is -0.0936. The average molecular weight is 281 g/mol. The van der Waals surface area contributed by atoms with E-state index in [1.807, 2.05) is 0 Å². The van der Waals surface area contributed by atoms with Gasteiger partial charge in [-0.2, -0.15) is 11.8 Å². The fourth-order valence-electron chi connectivity index (χ4n) is 2.62. The van der Waals surface area contributed by atoms with Crippen LogP contribution in [0.2, 0.25) is 0 Å². The summed E-state index contributed by atoms with van der Waals surface area (Å²) in [5, 5.41) is 0. The van der Waals surface area contributed by atoms with Gasteiger partial charge in [0.25, 0.3) is 5.56 Å². The zero-order chi connectivity index (χ0) is 13.2. The molecule has 0 bridgehead atoms. The molecule has 3 heterocycles. The number of aromatic amines is 1. The third-order valence-electron chi connectivity index (χ3n) is 3.60. The summed E-state index contributed by atoms with van der Waals surface area (Å²) < 4.78 is 5.77. The maximum atomic E-state index is 12.0. The van der Waals surface area contributed by atoms with Gasteiger partial charge in [0.1, 0.15) is 11.9 Å². The molecule has 1 unspecified atom stereocenters. The van der Waals surface area contributed by atoms with Gasteiger partial charge in [-0.05, 0) is 13.0 Å². The number of morpholine rings is 1. The highest BCUT2D eigenvalue weighted by atomic mass is 32.2. The Hall–Kier alpha value is -0.850. The number of ether oxygens (including phenoxy) is 1. The van der Waals surface area contributed by atoms with Gasteiger partial charge < -0.3 is 9.72 Å². The number of fused-ring (bicyclic) bond motifs is 1. The molecule has 1 aromatic rings. The van der Waals surface area contributed by atoms with E-state index in [0.717, 1.165) is 48.8 Å². The minimum Gasteiger partial charge on any atom is -0.368 e. The number of nitrogens with zero attached hydrogens (tertiary/aromatic N) is 2. The standard InChI is InChI=1S/C13H19N3O2S/c1-2-3-16-4-5-18-11(6-16)12-14-10-8-19-7-9(10)13(17)15-12/h11H,2-8H2,1H3,(H,14,15,17). The Morgan fingerprint density at radius 2 is 2.42 bits per heavy atom. The molecule has 6 heteroatoms. The first-order valence-corrected chi connectivity index (χ1v) is 7.97. The fraction of sp³-hybridized carbons (Fsp3) is 0.692. The summed E-state index contributed by atoms with van der Waals surface area (Å²) in [6, 6.07) is 0. The third kappa shape index (κ3) is 2.70. The van der Waals surface area contributed by atoms with Gasteiger partial charge >= 0.3 is 0 Å². The van der Waals surface area contributed by atoms with E-state index in [0.29, 0.717) is 12.4 Å². The topological polar surface area (TPSA) is 58.2 Å². The number of rotatable bonds is 3. The largest absolute Gasteiger partial charge is 0.368 e. The highest BCUT2D eigenvalue weighted by Crippen LogP contribution is 2.27. The number of hydrogen-bond donors (Lipinski definition) is 1. The predicted octanol–water partition coefficient (Wildman–Crippen LogP) is 1.30. The second-order valence-corrected chi connectivity index (χ2v) is 6.01. The molecule has 3 rings (SSSR count). The van der Waals surface area contributed by atoms with E-state index in [1.165, 1.54) is 0 Å². The number of hydrogen-bond acceptors (Lipinski definition) is 5. The number of thioether (sulfide) groups is 1. The van der Waals surface area contributed by atoms with Crippen molar-refractivity contribution in [3.05, 3.63) is 27.4 Å². The van der Waals surface area contributed by atoms with Crippen LogP contribution in [0.5, 0.6) is 0 Å². The molecule has 104 valence electrons. The first-order valence-electron chi connectivity index (χ1n) is 6.81. The highest BCUT2D eigenvalue weighted by molar-refractivity contribution is 7.98. The molecular formula is C13H19N3O2S. The lowest BCUT2D eigenvalue weighted by molar-refractivity contribution is -0.0344. The molecule has 0 radical (unpaired) electrons. The Morgan fingerprint density at radius 1 is 1.53 bits per heavy atom. The average Bonchev–Trinajstić information content (AvgIpc) is 2.88. The van der Waals surface area contributed by atoms with E-state index in [1.54, 1.807) is 11.8 Å². The van der Waals surface area contributed by atoms with Crippen molar-refractivity contribution in [3.8, 4) is 0 Å². The SMILES string of the molecule is CCCN1CCOC(c2nc3c(c(=O)[nH]2)CSC3)C1. The van der Waals surface area contributed by atoms with Crippen molar-refractivity contribution in [2.24, 2.45) is 0 Å². The lowest BCUT2D eigenvalue weighted by Crippen LogP contribution is -2.39. The molecule has 1 saturated heterocycles. The Bertz CT molecular complexity index is 515. The van der Waals surface area contributed by atoms with E-state index in [2.05, 4.69) is 21.8 Å². The molecular weight excluding hydrogens is 262 g/mol. The molecule has 0 aliphatic carbocycles. The molecule has 2 aliphatic heterocycles. The van der Waals surface area contributed by atoms with Crippen LogP contribution in [0.15, 0.2) is 4.79 Å². The van der Waals surface area contributed by atoms with Gasteiger partial charge in [-0.15, -0.1) is 0 Å². The van der Waals surface area contributed by atoms with Gasteiger partial charge in [-0.25, -0.2) is 4.98 Å². The van der Waals surface area contributed by atoms with Crippen LogP contribution >= 0.6 is 11.8 Å². The zero-order valence-corrected chi connectivity index (χ0v) is 12.0. The molecule has 1 atom stereocenters. The molecule has 0 aromatic carbocycles. The normalized spacial score (nSPS) is 23.5. The van der Waals surface area contributed by atoms with Crippen molar-refractivity contribution in [2.45, 2.75) is 31.0 Å². The number of nitrogens with one attached hydrogen (secondary N) is 1. The highest BCUT2D eigenvalue weighted by Gasteiger charge is 2.26. The van der Waals surface area contributed by atoms with Crippen LogP contribution in [0.25, 0.3) is 0 Å². The lowest BCUT2D eigenvalue weighted by Gasteiger charge is -2.32. The fourth-order valence-corrected chi connectivity index (χ4v) is 3.66. The first-order chi connectivity index (χ1) is 9.28. The van der Waals surface area contributed by atoms with Crippen molar-refractivity contribution in [3.63, 3.8) is 0 Å². The zero-order valence-electron chi connectivity index (χ0n) is 11.1. The van der Waals surface area contributed by atoms with Crippen LogP contribution in [0.4, 0.5) is 0 Å². The molecule has 0 saturated carbocycles. The van der Waals surface area contributed by atoms with E-state index >= 15 is 0 Å². The Morgan fingerprint density at radius 3 is 3.26 bits per heavy atom. The van der Waals surface area contributed by atoms with Crippen molar-refractivity contribution in [1.82, 2.24) is 14.9 Å². The summed E-state index contributed by atoms with van der Waals surface area (Å²) in [5.41, 5.74) is 1.80.